The first-order valence-electron chi connectivity index (χ1n) is 8.97. The van der Waals surface area contributed by atoms with Gasteiger partial charge in [0.1, 0.15) is 11.6 Å². The molecular weight excluding hydrogens is 332 g/mol. The lowest BCUT2D eigenvalue weighted by Gasteiger charge is -2.16. The summed E-state index contributed by atoms with van der Waals surface area (Å²) in [5.74, 6) is 1.71. The molecule has 0 aliphatic carbocycles. The molecule has 1 aromatic carbocycles. The number of aromatic nitrogens is 5. The van der Waals surface area contributed by atoms with E-state index in [0.717, 1.165) is 35.5 Å². The van der Waals surface area contributed by atoms with Crippen molar-refractivity contribution >= 4 is 16.9 Å². The molecule has 1 unspecified atom stereocenters. The minimum Gasteiger partial charge on any atom is -0.353 e. The number of nitrogens with one attached hydrogen (secondary N) is 2. The molecule has 0 saturated carbocycles. The van der Waals surface area contributed by atoms with E-state index >= 15 is 0 Å². The van der Waals surface area contributed by atoms with Gasteiger partial charge in [-0.3, -0.25) is 9.36 Å². The number of hydrogen-bond donors (Lipinski definition) is 2. The fourth-order valence-electron chi connectivity index (χ4n) is 3.64. The van der Waals surface area contributed by atoms with Gasteiger partial charge in [0.2, 0.25) is 5.91 Å². The van der Waals surface area contributed by atoms with Crippen LogP contribution in [0.25, 0.3) is 11.0 Å². The maximum Gasteiger partial charge on any atom is 0.343 e. The largest absolute Gasteiger partial charge is 0.353 e. The number of H-pyrrole nitrogens is 1. The maximum atomic E-state index is 12.4. The van der Waals surface area contributed by atoms with Crippen molar-refractivity contribution in [3.63, 3.8) is 0 Å². The Hall–Kier alpha value is -2.90. The highest BCUT2D eigenvalue weighted by atomic mass is 16.2. The van der Waals surface area contributed by atoms with E-state index in [1.54, 1.807) is 4.57 Å². The summed E-state index contributed by atoms with van der Waals surface area (Å²) in [5, 5.41) is 9.63. The fourth-order valence-corrected chi connectivity index (χ4v) is 3.64. The zero-order valence-electron chi connectivity index (χ0n) is 14.7. The van der Waals surface area contributed by atoms with Crippen molar-refractivity contribution in [2.75, 3.05) is 0 Å². The van der Waals surface area contributed by atoms with Gasteiger partial charge in [-0.15, -0.1) is 0 Å². The third-order valence-corrected chi connectivity index (χ3v) is 5.03. The Bertz CT molecular complexity index is 999. The summed E-state index contributed by atoms with van der Waals surface area (Å²) in [5.41, 5.74) is 1.83. The second-order valence-electron chi connectivity index (χ2n) is 6.74. The number of para-hydroxylation sites is 2. The lowest BCUT2D eigenvalue weighted by Crippen LogP contribution is -2.36. The molecule has 2 aromatic heterocycles. The molecule has 0 fully saturated rings. The first-order chi connectivity index (χ1) is 12.6. The summed E-state index contributed by atoms with van der Waals surface area (Å²) >= 11 is 0. The van der Waals surface area contributed by atoms with Gasteiger partial charge in [0.25, 0.3) is 0 Å². The van der Waals surface area contributed by atoms with Crippen LogP contribution in [0.4, 0.5) is 0 Å². The molecule has 1 aliphatic rings. The normalized spacial score (nSPS) is 17.0. The molecule has 3 aromatic rings. The highest BCUT2D eigenvalue weighted by Gasteiger charge is 2.20. The Balaban J connectivity index is 1.36. The Morgan fingerprint density at radius 1 is 1.35 bits per heavy atom. The topological polar surface area (TPSA) is 97.6 Å². The lowest BCUT2D eigenvalue weighted by atomic mass is 10.1. The number of imidazole rings is 1. The zero-order valence-corrected chi connectivity index (χ0v) is 14.7. The van der Waals surface area contributed by atoms with Crippen LogP contribution in [0.2, 0.25) is 0 Å². The van der Waals surface area contributed by atoms with E-state index in [0.29, 0.717) is 25.9 Å². The quantitative estimate of drug-likeness (QED) is 0.734. The van der Waals surface area contributed by atoms with Crippen LogP contribution in [0.1, 0.15) is 30.9 Å². The number of rotatable bonds is 4. The van der Waals surface area contributed by atoms with Gasteiger partial charge in [0.15, 0.2) is 0 Å². The van der Waals surface area contributed by atoms with Crippen molar-refractivity contribution < 1.29 is 4.79 Å². The summed E-state index contributed by atoms with van der Waals surface area (Å²) in [7, 11) is 0. The number of aryl methyl sites for hydroxylation is 3. The summed E-state index contributed by atoms with van der Waals surface area (Å²) < 4.78 is 3.74. The Morgan fingerprint density at radius 2 is 2.19 bits per heavy atom. The number of fused-ring (bicyclic) bond motifs is 2. The van der Waals surface area contributed by atoms with Gasteiger partial charge < -0.3 is 9.88 Å². The van der Waals surface area contributed by atoms with E-state index in [4.69, 9.17) is 0 Å². The zero-order chi connectivity index (χ0) is 18.1. The van der Waals surface area contributed by atoms with Gasteiger partial charge in [0.05, 0.1) is 11.0 Å². The molecule has 1 aliphatic heterocycles. The van der Waals surface area contributed by atoms with Crippen molar-refractivity contribution in [2.45, 2.75) is 51.7 Å². The highest BCUT2D eigenvalue weighted by molar-refractivity contribution is 5.78. The smallest absolute Gasteiger partial charge is 0.343 e. The molecule has 26 heavy (non-hydrogen) atoms. The summed E-state index contributed by atoms with van der Waals surface area (Å²) in [6, 6.07) is 8.03. The molecule has 3 heterocycles. The first-order valence-corrected chi connectivity index (χ1v) is 8.97. The standard InChI is InChI=1S/C18H22N6O2/c1-12-19-14-4-2-3-5-15(14)23(12)11-9-17(25)20-13-6-7-16-21-22-18(26)24(16)10-8-13/h2-5,13H,6-11H2,1H3,(H,20,25)(H,22,26). The number of hydrogen-bond acceptors (Lipinski definition) is 4. The van der Waals surface area contributed by atoms with Crippen molar-refractivity contribution in [2.24, 2.45) is 0 Å². The molecule has 8 heteroatoms. The third kappa shape index (κ3) is 3.14. The van der Waals surface area contributed by atoms with E-state index in [2.05, 4.69) is 25.1 Å². The van der Waals surface area contributed by atoms with Gasteiger partial charge in [-0.2, -0.15) is 5.10 Å². The molecule has 0 radical (unpaired) electrons. The lowest BCUT2D eigenvalue weighted by molar-refractivity contribution is -0.122. The van der Waals surface area contributed by atoms with E-state index in [1.807, 2.05) is 31.2 Å². The predicted molar refractivity (Wildman–Crippen MR) is 96.8 cm³/mol. The van der Waals surface area contributed by atoms with Gasteiger partial charge in [0, 0.05) is 32.0 Å². The number of nitrogens with zero attached hydrogens (tertiary/aromatic N) is 4. The van der Waals surface area contributed by atoms with Crippen molar-refractivity contribution in [3.8, 4) is 0 Å². The number of benzene rings is 1. The van der Waals surface area contributed by atoms with E-state index in [1.165, 1.54) is 0 Å². The van der Waals surface area contributed by atoms with Gasteiger partial charge in [-0.05, 0) is 31.9 Å². The predicted octanol–water partition coefficient (Wildman–Crippen LogP) is 1.14. The molecule has 0 bridgehead atoms. The van der Waals surface area contributed by atoms with Crippen LogP contribution in [0.5, 0.6) is 0 Å². The first kappa shape index (κ1) is 16.6. The van der Waals surface area contributed by atoms with E-state index in [9.17, 15) is 9.59 Å². The summed E-state index contributed by atoms with van der Waals surface area (Å²) in [6.45, 7) is 3.15. The van der Waals surface area contributed by atoms with Crippen molar-refractivity contribution in [1.82, 2.24) is 29.6 Å². The highest BCUT2D eigenvalue weighted by Crippen LogP contribution is 2.16. The van der Waals surface area contributed by atoms with Gasteiger partial charge in [-0.1, -0.05) is 12.1 Å². The van der Waals surface area contributed by atoms with E-state index < -0.39 is 0 Å². The summed E-state index contributed by atoms with van der Waals surface area (Å²) in [6.07, 6.45) is 2.63. The van der Waals surface area contributed by atoms with Crippen LogP contribution in [-0.4, -0.2) is 36.3 Å². The molecule has 2 N–H and O–H groups in total. The van der Waals surface area contributed by atoms with E-state index in [-0.39, 0.29) is 17.6 Å². The Kier molecular flexibility index (Phi) is 4.32. The Morgan fingerprint density at radius 3 is 3.08 bits per heavy atom. The minimum absolute atomic E-state index is 0.0284. The van der Waals surface area contributed by atoms with Gasteiger partial charge in [-0.25, -0.2) is 14.9 Å². The van der Waals surface area contributed by atoms with Crippen LogP contribution in [0.3, 0.4) is 0 Å². The third-order valence-electron chi connectivity index (χ3n) is 5.03. The molecule has 136 valence electrons. The van der Waals surface area contributed by atoms with Gasteiger partial charge >= 0.3 is 5.69 Å². The summed E-state index contributed by atoms with van der Waals surface area (Å²) in [4.78, 5) is 28.6. The molecule has 1 atom stereocenters. The van der Waals surface area contributed by atoms with Crippen LogP contribution in [0.15, 0.2) is 29.1 Å². The number of carbonyl (C=O) groups is 1. The molecular formula is C18H22N6O2. The Labute approximate surface area is 150 Å². The second kappa shape index (κ2) is 6.78. The van der Waals surface area contributed by atoms with Crippen LogP contribution in [0, 0.1) is 6.92 Å². The SMILES string of the molecule is Cc1nc2ccccc2n1CCC(=O)NC1CCc2n[nH]c(=O)n2CC1. The maximum absolute atomic E-state index is 12.4. The number of carbonyl (C=O) groups excluding carboxylic acids is 1. The molecule has 0 saturated heterocycles. The fraction of sp³-hybridized carbons (Fsp3) is 0.444. The number of aromatic amines is 1. The van der Waals surface area contributed by atoms with Crippen LogP contribution >= 0.6 is 0 Å². The number of amides is 1. The average molecular weight is 354 g/mol. The van der Waals surface area contributed by atoms with Crippen LogP contribution < -0.4 is 11.0 Å². The monoisotopic (exact) mass is 354 g/mol. The molecule has 1 amide bonds. The second-order valence-corrected chi connectivity index (χ2v) is 6.74. The molecule has 0 spiro atoms. The molecule has 4 rings (SSSR count). The molecule has 8 nitrogen and oxygen atoms in total. The average Bonchev–Trinajstić information content (AvgIpc) is 3.06. The minimum atomic E-state index is -0.172. The van der Waals surface area contributed by atoms with Crippen molar-refractivity contribution in [3.05, 3.63) is 46.4 Å². The van der Waals surface area contributed by atoms with Crippen LogP contribution in [-0.2, 0) is 24.3 Å². The van der Waals surface area contributed by atoms with Crippen molar-refractivity contribution in [1.29, 1.82) is 0 Å².